The molecule has 0 fully saturated rings. The summed E-state index contributed by atoms with van der Waals surface area (Å²) < 4.78 is 0. The van der Waals surface area contributed by atoms with Crippen LogP contribution in [0.15, 0.2) is 0 Å². The van der Waals surface area contributed by atoms with Crippen molar-refractivity contribution in [3.05, 3.63) is 0 Å². The molecule has 0 aliphatic carbocycles. The SMILES string of the molecule is CCCC[C@H](NC(=O)[C@H](CCC(N)=O)NC(=O)[C@@H](N)CCCCN)C(=O)N[C@@H](C)C(=O)N[C@H](C(=O)N[C@@H](CCCCN)C(N)=O)C(C)C. The zero-order valence-electron chi connectivity index (χ0n) is 29.0. The molecule has 0 bridgehead atoms. The number of primary amides is 2. The van der Waals surface area contributed by atoms with Crippen molar-refractivity contribution in [2.24, 2.45) is 34.6 Å². The third kappa shape index (κ3) is 17.9. The summed E-state index contributed by atoms with van der Waals surface area (Å²) in [6, 6.07) is -6.30. The third-order valence-corrected chi connectivity index (χ3v) is 7.70. The lowest BCUT2D eigenvalue weighted by atomic mass is 10.0. The van der Waals surface area contributed by atoms with Crippen molar-refractivity contribution in [1.29, 1.82) is 0 Å². The Morgan fingerprint density at radius 3 is 1.58 bits per heavy atom. The van der Waals surface area contributed by atoms with Gasteiger partial charge in [0.1, 0.15) is 30.2 Å². The Morgan fingerprint density at radius 1 is 0.562 bits per heavy atom. The quantitative estimate of drug-likeness (QED) is 0.0431. The fourth-order valence-electron chi connectivity index (χ4n) is 4.66. The van der Waals surface area contributed by atoms with Crippen molar-refractivity contribution >= 4 is 41.4 Å². The van der Waals surface area contributed by atoms with Crippen LogP contribution in [0.25, 0.3) is 0 Å². The predicted molar refractivity (Wildman–Crippen MR) is 181 cm³/mol. The van der Waals surface area contributed by atoms with Crippen molar-refractivity contribution < 1.29 is 33.6 Å². The Balaban J connectivity index is 5.64. The summed E-state index contributed by atoms with van der Waals surface area (Å²) in [6.07, 6.45) is 4.27. The molecule has 0 unspecified atom stereocenters. The lowest BCUT2D eigenvalue weighted by molar-refractivity contribution is -0.135. The molecule has 0 saturated heterocycles. The van der Waals surface area contributed by atoms with Crippen molar-refractivity contribution in [3.63, 3.8) is 0 Å². The van der Waals surface area contributed by atoms with Crippen LogP contribution in [0, 0.1) is 5.92 Å². The Labute approximate surface area is 283 Å². The van der Waals surface area contributed by atoms with Gasteiger partial charge in [0.05, 0.1) is 6.04 Å². The van der Waals surface area contributed by atoms with E-state index in [0.29, 0.717) is 64.5 Å². The first-order valence-corrected chi connectivity index (χ1v) is 16.8. The molecule has 0 spiro atoms. The zero-order chi connectivity index (χ0) is 36.8. The summed E-state index contributed by atoms with van der Waals surface area (Å²) in [6.45, 7) is 7.60. The van der Waals surface area contributed by atoms with E-state index in [1.807, 2.05) is 6.92 Å². The van der Waals surface area contributed by atoms with Gasteiger partial charge in [-0.05, 0) is 70.9 Å². The topological polar surface area (TPSA) is 310 Å². The van der Waals surface area contributed by atoms with Gasteiger partial charge in [0, 0.05) is 6.42 Å². The predicted octanol–water partition coefficient (Wildman–Crippen LogP) is -2.39. The minimum Gasteiger partial charge on any atom is -0.370 e. The molecule has 0 aromatic heterocycles. The van der Waals surface area contributed by atoms with Gasteiger partial charge in [0.25, 0.3) is 0 Å². The van der Waals surface area contributed by atoms with E-state index >= 15 is 0 Å². The summed E-state index contributed by atoms with van der Waals surface area (Å²) >= 11 is 0. The molecule has 48 heavy (non-hydrogen) atoms. The van der Waals surface area contributed by atoms with Crippen molar-refractivity contribution in [2.75, 3.05) is 13.1 Å². The van der Waals surface area contributed by atoms with Crippen LogP contribution in [-0.4, -0.2) is 90.7 Å². The molecular formula is C31H60N10O7. The second kappa shape index (κ2) is 24.3. The average Bonchev–Trinajstić information content (AvgIpc) is 3.02. The van der Waals surface area contributed by atoms with Gasteiger partial charge in [-0.1, -0.05) is 40.0 Å². The van der Waals surface area contributed by atoms with Crippen LogP contribution in [0.2, 0.25) is 0 Å². The lowest BCUT2D eigenvalue weighted by Gasteiger charge is -2.27. The highest BCUT2D eigenvalue weighted by Crippen LogP contribution is 2.08. The maximum Gasteiger partial charge on any atom is 0.243 e. The average molecular weight is 685 g/mol. The number of hydrogen-bond acceptors (Lipinski definition) is 10. The number of nitrogens with two attached hydrogens (primary N) is 5. The van der Waals surface area contributed by atoms with E-state index in [-0.39, 0.29) is 25.2 Å². The second-order valence-electron chi connectivity index (χ2n) is 12.4. The van der Waals surface area contributed by atoms with Crippen LogP contribution in [0.5, 0.6) is 0 Å². The molecule has 15 N–H and O–H groups in total. The van der Waals surface area contributed by atoms with E-state index in [1.165, 1.54) is 6.92 Å². The normalized spacial score (nSPS) is 14.8. The molecule has 7 amide bonds. The third-order valence-electron chi connectivity index (χ3n) is 7.70. The second-order valence-corrected chi connectivity index (χ2v) is 12.4. The van der Waals surface area contributed by atoms with E-state index in [4.69, 9.17) is 28.7 Å². The van der Waals surface area contributed by atoms with Crippen LogP contribution in [0.4, 0.5) is 0 Å². The Bertz CT molecular complexity index is 1060. The Morgan fingerprint density at radius 2 is 1.06 bits per heavy atom. The molecule has 17 nitrogen and oxygen atoms in total. The highest BCUT2D eigenvalue weighted by Gasteiger charge is 2.32. The van der Waals surface area contributed by atoms with Gasteiger partial charge in [-0.3, -0.25) is 33.6 Å². The number of unbranched alkanes of at least 4 members (excludes halogenated alkanes) is 3. The Hall–Kier alpha value is -3.83. The maximum absolute atomic E-state index is 13.3. The lowest BCUT2D eigenvalue weighted by Crippen LogP contribution is -2.59. The van der Waals surface area contributed by atoms with Crippen molar-refractivity contribution in [3.8, 4) is 0 Å². The summed E-state index contributed by atoms with van der Waals surface area (Å²) in [4.78, 5) is 88.8. The van der Waals surface area contributed by atoms with Gasteiger partial charge >= 0.3 is 0 Å². The molecule has 0 saturated carbocycles. The van der Waals surface area contributed by atoms with E-state index in [2.05, 4.69) is 26.6 Å². The molecule has 0 aromatic rings. The molecule has 276 valence electrons. The highest BCUT2D eigenvalue weighted by atomic mass is 16.2. The van der Waals surface area contributed by atoms with Gasteiger partial charge in [-0.2, -0.15) is 0 Å². The smallest absolute Gasteiger partial charge is 0.243 e. The monoisotopic (exact) mass is 684 g/mol. The molecule has 0 heterocycles. The standard InChI is InChI=1S/C31H60N10O7/c1-5-6-12-22(40-30(47)23(14-15-24(35)42)39-28(45)20(34)11-7-9-16-32)29(46)37-19(4)27(44)41-25(18(2)3)31(48)38-21(26(36)43)13-8-10-17-33/h18-23,25H,5-17,32-34H2,1-4H3,(H2,35,42)(H2,36,43)(H,37,46)(H,38,48)(H,39,45)(H,40,47)(H,41,44)/t19-,20-,21-,22-,23-,25-/m0/s1. The molecule has 0 aliphatic rings. The van der Waals surface area contributed by atoms with Crippen LogP contribution < -0.4 is 55.3 Å². The van der Waals surface area contributed by atoms with Gasteiger partial charge in [-0.15, -0.1) is 0 Å². The molecule has 0 aromatic carbocycles. The number of carbonyl (C=O) groups is 7. The fourth-order valence-corrected chi connectivity index (χ4v) is 4.66. The van der Waals surface area contributed by atoms with Gasteiger partial charge in [0.2, 0.25) is 41.4 Å². The highest BCUT2D eigenvalue weighted by molar-refractivity contribution is 5.96. The maximum atomic E-state index is 13.3. The molecule has 17 heteroatoms. The number of carbonyl (C=O) groups excluding carboxylic acids is 7. The molecular weight excluding hydrogens is 624 g/mol. The first-order valence-electron chi connectivity index (χ1n) is 16.8. The first kappa shape index (κ1) is 44.2. The van der Waals surface area contributed by atoms with Gasteiger partial charge < -0.3 is 55.3 Å². The summed E-state index contributed by atoms with van der Waals surface area (Å²) in [7, 11) is 0. The van der Waals surface area contributed by atoms with Crippen LogP contribution in [-0.2, 0) is 33.6 Å². The Kier molecular flexibility index (Phi) is 22.4. The number of amides is 7. The minimum atomic E-state index is -1.20. The summed E-state index contributed by atoms with van der Waals surface area (Å²) in [5, 5.41) is 13.0. The molecule has 6 atom stereocenters. The van der Waals surface area contributed by atoms with E-state index in [9.17, 15) is 33.6 Å². The van der Waals surface area contributed by atoms with Crippen molar-refractivity contribution in [1.82, 2.24) is 26.6 Å². The van der Waals surface area contributed by atoms with Gasteiger partial charge in [0.15, 0.2) is 0 Å². The summed E-state index contributed by atoms with van der Waals surface area (Å²) in [5.74, 6) is -5.05. The molecule has 0 radical (unpaired) electrons. The van der Waals surface area contributed by atoms with E-state index < -0.39 is 77.6 Å². The fraction of sp³-hybridized carbons (Fsp3) is 0.774. The van der Waals surface area contributed by atoms with Crippen LogP contribution in [0.3, 0.4) is 0 Å². The van der Waals surface area contributed by atoms with Crippen LogP contribution in [0.1, 0.15) is 98.3 Å². The van der Waals surface area contributed by atoms with Gasteiger partial charge in [-0.25, -0.2) is 0 Å². The number of nitrogens with one attached hydrogen (secondary N) is 5. The van der Waals surface area contributed by atoms with Crippen LogP contribution >= 0.6 is 0 Å². The minimum absolute atomic E-state index is 0.119. The number of hydrogen-bond donors (Lipinski definition) is 10. The largest absolute Gasteiger partial charge is 0.370 e. The molecule has 0 aliphatic heterocycles. The first-order chi connectivity index (χ1) is 22.6. The summed E-state index contributed by atoms with van der Waals surface area (Å²) in [5.41, 5.74) is 27.7. The van der Waals surface area contributed by atoms with E-state index in [1.54, 1.807) is 13.8 Å². The van der Waals surface area contributed by atoms with Crippen molar-refractivity contribution in [2.45, 2.75) is 135 Å². The van der Waals surface area contributed by atoms with E-state index in [0.717, 1.165) is 0 Å². The number of rotatable bonds is 26. The zero-order valence-corrected chi connectivity index (χ0v) is 29.0. The molecule has 0 rings (SSSR count).